The molecule has 0 radical (unpaired) electrons. The van der Waals surface area contributed by atoms with Crippen molar-refractivity contribution in [3.05, 3.63) is 30.1 Å². The van der Waals surface area contributed by atoms with E-state index in [4.69, 9.17) is 4.74 Å². The lowest BCUT2D eigenvalue weighted by Gasteiger charge is -2.37. The Morgan fingerprint density at radius 2 is 1.88 bits per heavy atom. The normalized spacial score (nSPS) is 16.0. The zero-order valence-corrected chi connectivity index (χ0v) is 15.0. The molecule has 0 amide bonds. The second kappa shape index (κ2) is 9.47. The Morgan fingerprint density at radius 1 is 1.21 bits per heavy atom. The Balaban J connectivity index is 1.74. The van der Waals surface area contributed by atoms with Gasteiger partial charge < -0.3 is 19.9 Å². The number of nitrogens with one attached hydrogen (secondary N) is 1. The number of aliphatic imine (C=N–C) groups is 1. The Bertz CT molecular complexity index is 510. The monoisotopic (exact) mass is 336 g/mol. The summed E-state index contributed by atoms with van der Waals surface area (Å²) in [5.74, 6) is 0.752. The van der Waals surface area contributed by atoms with E-state index in [1.807, 2.05) is 33.0 Å². The molecule has 1 aromatic rings. The highest BCUT2D eigenvalue weighted by Gasteiger charge is 2.19. The quantitative estimate of drug-likeness (QED) is 0.492. The second-order valence-electron chi connectivity index (χ2n) is 6.20. The maximum atomic E-state index is 13.0. The summed E-state index contributed by atoms with van der Waals surface area (Å²) in [7, 11) is 1.82. The van der Waals surface area contributed by atoms with Gasteiger partial charge in [0, 0.05) is 52.1 Å². The van der Waals surface area contributed by atoms with Gasteiger partial charge in [-0.15, -0.1) is 0 Å². The smallest absolute Gasteiger partial charge is 0.193 e. The van der Waals surface area contributed by atoms with Crippen molar-refractivity contribution < 1.29 is 9.13 Å². The summed E-state index contributed by atoms with van der Waals surface area (Å²) in [5, 5.41) is 3.40. The average molecular weight is 336 g/mol. The number of nitrogens with zero attached hydrogens (tertiary/aromatic N) is 3. The highest BCUT2D eigenvalue weighted by Crippen LogP contribution is 2.16. The molecule has 134 valence electrons. The van der Waals surface area contributed by atoms with Crippen molar-refractivity contribution in [1.29, 1.82) is 0 Å². The molecule has 1 saturated heterocycles. The summed E-state index contributed by atoms with van der Waals surface area (Å²) >= 11 is 0. The molecule has 0 unspecified atom stereocenters. The highest BCUT2D eigenvalue weighted by molar-refractivity contribution is 5.80. The fraction of sp³-hybridized carbons (Fsp3) is 0.611. The van der Waals surface area contributed by atoms with Crippen molar-refractivity contribution in [2.45, 2.75) is 26.4 Å². The molecule has 1 fully saturated rings. The van der Waals surface area contributed by atoms with Crippen LogP contribution in [0.15, 0.2) is 29.3 Å². The van der Waals surface area contributed by atoms with Crippen molar-refractivity contribution in [2.75, 3.05) is 51.3 Å². The van der Waals surface area contributed by atoms with Crippen molar-refractivity contribution in [1.82, 2.24) is 10.2 Å². The van der Waals surface area contributed by atoms with Crippen LogP contribution in [0.3, 0.4) is 0 Å². The van der Waals surface area contributed by atoms with E-state index in [0.717, 1.165) is 57.4 Å². The van der Waals surface area contributed by atoms with Crippen LogP contribution < -0.4 is 10.2 Å². The van der Waals surface area contributed by atoms with E-state index >= 15 is 0 Å². The first-order chi connectivity index (χ1) is 11.6. The van der Waals surface area contributed by atoms with Gasteiger partial charge in [0.1, 0.15) is 5.82 Å². The minimum absolute atomic E-state index is 0.191. The molecule has 1 N–H and O–H groups in total. The third kappa shape index (κ3) is 5.67. The van der Waals surface area contributed by atoms with Gasteiger partial charge >= 0.3 is 0 Å². The van der Waals surface area contributed by atoms with Crippen LogP contribution in [0.4, 0.5) is 10.1 Å². The number of halogens is 1. The molecule has 2 rings (SSSR count). The van der Waals surface area contributed by atoms with Gasteiger partial charge in [-0.25, -0.2) is 4.39 Å². The van der Waals surface area contributed by atoms with Crippen LogP contribution >= 0.6 is 0 Å². The molecular formula is C18H29FN4O. The SMILES string of the molecule is CN=C(NCCCOC(C)C)N1CCN(c2ccc(F)cc2)CC1. The number of hydrogen-bond donors (Lipinski definition) is 1. The van der Waals surface area contributed by atoms with E-state index in [0.29, 0.717) is 0 Å². The fourth-order valence-corrected chi connectivity index (χ4v) is 2.75. The maximum absolute atomic E-state index is 13.0. The van der Waals surface area contributed by atoms with E-state index in [1.165, 1.54) is 12.1 Å². The summed E-state index contributed by atoms with van der Waals surface area (Å²) in [6.45, 7) is 9.34. The van der Waals surface area contributed by atoms with Crippen LogP contribution in [-0.2, 0) is 4.74 Å². The van der Waals surface area contributed by atoms with E-state index < -0.39 is 0 Å². The molecule has 24 heavy (non-hydrogen) atoms. The molecule has 5 nitrogen and oxygen atoms in total. The molecule has 0 spiro atoms. The average Bonchev–Trinajstić information content (AvgIpc) is 2.59. The Labute approximate surface area is 144 Å². The molecule has 0 saturated carbocycles. The lowest BCUT2D eigenvalue weighted by molar-refractivity contribution is 0.0775. The Hall–Kier alpha value is -1.82. The number of guanidine groups is 1. The number of rotatable bonds is 6. The van der Waals surface area contributed by atoms with Gasteiger partial charge in [-0.3, -0.25) is 4.99 Å². The summed E-state index contributed by atoms with van der Waals surface area (Å²) in [5.41, 5.74) is 1.07. The largest absolute Gasteiger partial charge is 0.379 e. The number of anilines is 1. The van der Waals surface area contributed by atoms with Gasteiger partial charge in [0.2, 0.25) is 0 Å². The van der Waals surface area contributed by atoms with Crippen molar-refractivity contribution in [3.63, 3.8) is 0 Å². The van der Waals surface area contributed by atoms with Crippen molar-refractivity contribution in [3.8, 4) is 0 Å². The lowest BCUT2D eigenvalue weighted by atomic mass is 10.2. The minimum atomic E-state index is -0.191. The van der Waals surface area contributed by atoms with Crippen molar-refractivity contribution >= 4 is 11.6 Å². The molecule has 0 bridgehead atoms. The van der Waals surface area contributed by atoms with E-state index in [1.54, 1.807) is 0 Å². The topological polar surface area (TPSA) is 40.1 Å². The fourth-order valence-electron chi connectivity index (χ4n) is 2.75. The van der Waals surface area contributed by atoms with Crippen LogP contribution in [0.1, 0.15) is 20.3 Å². The van der Waals surface area contributed by atoms with Crippen LogP contribution in [0.2, 0.25) is 0 Å². The third-order valence-electron chi connectivity index (χ3n) is 4.04. The zero-order valence-electron chi connectivity index (χ0n) is 15.0. The summed E-state index contributed by atoms with van der Waals surface area (Å²) in [6, 6.07) is 6.71. The van der Waals surface area contributed by atoms with Gasteiger partial charge in [-0.05, 0) is 44.5 Å². The van der Waals surface area contributed by atoms with Gasteiger partial charge in [0.15, 0.2) is 5.96 Å². The zero-order chi connectivity index (χ0) is 17.4. The van der Waals surface area contributed by atoms with Gasteiger partial charge in [0.05, 0.1) is 6.10 Å². The van der Waals surface area contributed by atoms with Crippen LogP contribution in [0, 0.1) is 5.82 Å². The summed E-state index contributed by atoms with van der Waals surface area (Å²) < 4.78 is 18.6. The first-order valence-corrected chi connectivity index (χ1v) is 8.68. The van der Waals surface area contributed by atoms with E-state index in [-0.39, 0.29) is 11.9 Å². The van der Waals surface area contributed by atoms with Crippen LogP contribution in [0.25, 0.3) is 0 Å². The maximum Gasteiger partial charge on any atom is 0.193 e. The third-order valence-corrected chi connectivity index (χ3v) is 4.04. The summed E-state index contributed by atoms with van der Waals surface area (Å²) in [6.07, 6.45) is 1.25. The van der Waals surface area contributed by atoms with E-state index in [2.05, 4.69) is 20.1 Å². The number of ether oxygens (including phenoxy) is 1. The lowest BCUT2D eigenvalue weighted by Crippen LogP contribution is -2.52. The standard InChI is InChI=1S/C18H29FN4O/c1-15(2)24-14-4-9-21-18(20-3)23-12-10-22(11-13-23)17-7-5-16(19)6-8-17/h5-8,15H,4,9-14H2,1-3H3,(H,20,21). The predicted octanol–water partition coefficient (Wildman–Crippen LogP) is 2.34. The highest BCUT2D eigenvalue weighted by atomic mass is 19.1. The van der Waals surface area contributed by atoms with Crippen LogP contribution in [0.5, 0.6) is 0 Å². The first kappa shape index (κ1) is 18.5. The molecule has 1 heterocycles. The predicted molar refractivity (Wildman–Crippen MR) is 97.3 cm³/mol. The van der Waals surface area contributed by atoms with Gasteiger partial charge in [-0.1, -0.05) is 0 Å². The van der Waals surface area contributed by atoms with Gasteiger partial charge in [-0.2, -0.15) is 0 Å². The second-order valence-corrected chi connectivity index (χ2v) is 6.20. The van der Waals surface area contributed by atoms with E-state index in [9.17, 15) is 4.39 Å². The Kier molecular flexibility index (Phi) is 7.31. The molecule has 1 aliphatic heterocycles. The number of piperazine rings is 1. The molecule has 6 heteroatoms. The van der Waals surface area contributed by atoms with Crippen molar-refractivity contribution in [2.24, 2.45) is 4.99 Å². The number of benzene rings is 1. The molecule has 1 aromatic carbocycles. The number of hydrogen-bond acceptors (Lipinski definition) is 3. The minimum Gasteiger partial charge on any atom is -0.379 e. The summed E-state index contributed by atoms with van der Waals surface area (Å²) in [4.78, 5) is 8.92. The molecular weight excluding hydrogens is 307 g/mol. The first-order valence-electron chi connectivity index (χ1n) is 8.68. The molecule has 0 atom stereocenters. The van der Waals surface area contributed by atoms with Crippen LogP contribution in [-0.4, -0.2) is 63.3 Å². The molecule has 0 aromatic heterocycles. The van der Waals surface area contributed by atoms with Gasteiger partial charge in [0.25, 0.3) is 0 Å². The molecule has 0 aliphatic carbocycles. The Morgan fingerprint density at radius 3 is 2.46 bits per heavy atom. The molecule has 1 aliphatic rings.